The molecule has 1 heterocycles. The van der Waals surface area contributed by atoms with Crippen LogP contribution in [-0.4, -0.2) is 47.2 Å². The van der Waals surface area contributed by atoms with Crippen LogP contribution in [0, 0.1) is 5.92 Å². The number of nitrogens with zero attached hydrogens (tertiary/aromatic N) is 1. The van der Waals surface area contributed by atoms with Gasteiger partial charge in [0, 0.05) is 48.2 Å². The molecule has 0 aromatic heterocycles. The van der Waals surface area contributed by atoms with E-state index < -0.39 is 10.8 Å². The summed E-state index contributed by atoms with van der Waals surface area (Å²) >= 11 is 0. The molecule has 6 heteroatoms. The molecule has 1 aliphatic rings. The van der Waals surface area contributed by atoms with Crippen LogP contribution in [0.3, 0.4) is 0 Å². The van der Waals surface area contributed by atoms with Gasteiger partial charge in [0.25, 0.3) is 0 Å². The Morgan fingerprint density at radius 1 is 1.39 bits per heavy atom. The number of hydrogen-bond acceptors (Lipinski definition) is 3. The first kappa shape index (κ1) is 17.9. The minimum atomic E-state index is -0.971. The van der Waals surface area contributed by atoms with Crippen molar-refractivity contribution in [1.82, 2.24) is 10.2 Å². The molecule has 0 radical (unpaired) electrons. The average molecular weight is 338 g/mol. The van der Waals surface area contributed by atoms with Gasteiger partial charge >= 0.3 is 6.03 Å². The molecule has 1 N–H and O–H groups in total. The highest BCUT2D eigenvalue weighted by Gasteiger charge is 2.26. The standard InChI is InChI=1S/C17H26N2O3S/c1-13(2)12-22-15-8-9-19(11-15)17(20)18-10-14-4-6-16(7-5-14)23(3)21/h4-7,13,15H,8-12H2,1-3H3,(H,18,20)/t15-,23-/m0/s1. The molecular weight excluding hydrogens is 312 g/mol. The van der Waals surface area contributed by atoms with E-state index in [0.29, 0.717) is 19.0 Å². The predicted octanol–water partition coefficient (Wildman–Crippen LogP) is 2.38. The number of nitrogens with one attached hydrogen (secondary N) is 1. The van der Waals surface area contributed by atoms with Crippen molar-refractivity contribution in [3.05, 3.63) is 29.8 Å². The van der Waals surface area contributed by atoms with E-state index >= 15 is 0 Å². The van der Waals surface area contributed by atoms with Gasteiger partial charge in [-0.15, -0.1) is 0 Å². The summed E-state index contributed by atoms with van der Waals surface area (Å²) in [5.74, 6) is 0.512. The SMILES string of the molecule is CC(C)CO[C@H]1CCN(C(=O)NCc2ccc([S@](C)=O)cc2)C1. The second-order valence-electron chi connectivity index (χ2n) is 6.34. The minimum Gasteiger partial charge on any atom is -0.376 e. The zero-order valence-corrected chi connectivity index (χ0v) is 14.9. The molecule has 2 atom stereocenters. The Bertz CT molecular complexity index is 545. The summed E-state index contributed by atoms with van der Waals surface area (Å²) in [6.07, 6.45) is 2.71. The summed E-state index contributed by atoms with van der Waals surface area (Å²) in [6.45, 7) is 6.86. The van der Waals surface area contributed by atoms with E-state index in [0.717, 1.165) is 30.0 Å². The molecule has 23 heavy (non-hydrogen) atoms. The van der Waals surface area contributed by atoms with Crippen LogP contribution in [0.15, 0.2) is 29.2 Å². The fraction of sp³-hybridized carbons (Fsp3) is 0.588. The van der Waals surface area contributed by atoms with Gasteiger partial charge in [-0.2, -0.15) is 0 Å². The molecule has 1 fully saturated rings. The number of ether oxygens (including phenoxy) is 1. The van der Waals surface area contributed by atoms with E-state index in [1.165, 1.54) is 0 Å². The highest BCUT2D eigenvalue weighted by molar-refractivity contribution is 7.84. The summed E-state index contributed by atoms with van der Waals surface area (Å²) in [6, 6.07) is 7.42. The van der Waals surface area contributed by atoms with Crippen molar-refractivity contribution in [1.29, 1.82) is 0 Å². The van der Waals surface area contributed by atoms with Crippen LogP contribution in [0.1, 0.15) is 25.8 Å². The van der Waals surface area contributed by atoms with Crippen LogP contribution in [0.4, 0.5) is 4.79 Å². The second-order valence-corrected chi connectivity index (χ2v) is 7.72. The number of hydrogen-bond donors (Lipinski definition) is 1. The van der Waals surface area contributed by atoms with Crippen LogP contribution in [0.2, 0.25) is 0 Å². The summed E-state index contributed by atoms with van der Waals surface area (Å²) in [5.41, 5.74) is 0.999. The summed E-state index contributed by atoms with van der Waals surface area (Å²) in [5, 5.41) is 2.93. The first-order valence-corrected chi connectivity index (χ1v) is 9.58. The monoisotopic (exact) mass is 338 g/mol. The lowest BCUT2D eigenvalue weighted by molar-refractivity contribution is 0.0436. The zero-order valence-electron chi connectivity index (χ0n) is 14.1. The Morgan fingerprint density at radius 2 is 2.09 bits per heavy atom. The number of urea groups is 1. The van der Waals surface area contributed by atoms with Crippen LogP contribution < -0.4 is 5.32 Å². The van der Waals surface area contributed by atoms with Gasteiger partial charge < -0.3 is 15.0 Å². The fourth-order valence-corrected chi connectivity index (χ4v) is 2.99. The molecule has 0 unspecified atom stereocenters. The molecule has 1 aromatic rings. The molecule has 0 spiro atoms. The number of amides is 2. The van der Waals surface area contributed by atoms with Gasteiger partial charge in [0.15, 0.2) is 0 Å². The number of carbonyl (C=O) groups is 1. The smallest absolute Gasteiger partial charge is 0.317 e. The quantitative estimate of drug-likeness (QED) is 0.866. The Morgan fingerprint density at radius 3 is 2.70 bits per heavy atom. The maximum atomic E-state index is 12.2. The fourth-order valence-electron chi connectivity index (χ4n) is 2.47. The predicted molar refractivity (Wildman–Crippen MR) is 91.8 cm³/mol. The third kappa shape index (κ3) is 5.62. The largest absolute Gasteiger partial charge is 0.376 e. The average Bonchev–Trinajstić information content (AvgIpc) is 3.00. The lowest BCUT2D eigenvalue weighted by atomic mass is 10.2. The molecule has 2 amide bonds. The topological polar surface area (TPSA) is 58.6 Å². The van der Waals surface area contributed by atoms with Gasteiger partial charge in [0.2, 0.25) is 0 Å². The maximum Gasteiger partial charge on any atom is 0.317 e. The van der Waals surface area contributed by atoms with Crippen LogP contribution >= 0.6 is 0 Å². The molecule has 0 saturated carbocycles. The van der Waals surface area contributed by atoms with Crippen molar-refractivity contribution in [3.63, 3.8) is 0 Å². The second kappa shape index (κ2) is 8.45. The summed E-state index contributed by atoms with van der Waals surface area (Å²) in [4.78, 5) is 14.8. The summed E-state index contributed by atoms with van der Waals surface area (Å²) < 4.78 is 17.1. The lowest BCUT2D eigenvalue weighted by Gasteiger charge is -2.18. The Hall–Kier alpha value is -1.40. The van der Waals surface area contributed by atoms with Crippen molar-refractivity contribution < 1.29 is 13.7 Å². The highest BCUT2D eigenvalue weighted by atomic mass is 32.2. The Kier molecular flexibility index (Phi) is 6.59. The molecule has 1 aliphatic heterocycles. The van der Waals surface area contributed by atoms with E-state index in [2.05, 4.69) is 19.2 Å². The van der Waals surface area contributed by atoms with Crippen molar-refractivity contribution in [3.8, 4) is 0 Å². The molecule has 0 aliphatic carbocycles. The van der Waals surface area contributed by atoms with Gasteiger partial charge in [-0.25, -0.2) is 4.79 Å². The highest BCUT2D eigenvalue weighted by Crippen LogP contribution is 2.14. The van der Waals surface area contributed by atoms with Crippen molar-refractivity contribution in [2.45, 2.75) is 37.8 Å². The Labute approximate surface area is 140 Å². The number of carbonyl (C=O) groups excluding carboxylic acids is 1. The minimum absolute atomic E-state index is 0.0520. The maximum absolute atomic E-state index is 12.2. The molecule has 5 nitrogen and oxygen atoms in total. The van der Waals surface area contributed by atoms with Gasteiger partial charge in [0.1, 0.15) is 0 Å². The molecule has 0 bridgehead atoms. The number of likely N-dealkylation sites (tertiary alicyclic amines) is 1. The van der Waals surface area contributed by atoms with E-state index in [9.17, 15) is 9.00 Å². The Balaban J connectivity index is 1.76. The van der Waals surface area contributed by atoms with Crippen molar-refractivity contribution in [2.75, 3.05) is 26.0 Å². The van der Waals surface area contributed by atoms with Crippen LogP contribution in [0.5, 0.6) is 0 Å². The number of rotatable bonds is 6. The van der Waals surface area contributed by atoms with E-state index in [1.54, 1.807) is 11.2 Å². The molecule has 1 saturated heterocycles. The zero-order chi connectivity index (χ0) is 16.8. The number of benzene rings is 1. The van der Waals surface area contributed by atoms with Crippen LogP contribution in [0.25, 0.3) is 0 Å². The van der Waals surface area contributed by atoms with Crippen molar-refractivity contribution >= 4 is 16.8 Å². The van der Waals surface area contributed by atoms with Crippen molar-refractivity contribution in [2.24, 2.45) is 5.92 Å². The third-order valence-corrected chi connectivity index (χ3v) is 4.73. The first-order chi connectivity index (χ1) is 11.0. The van der Waals surface area contributed by atoms with E-state index in [1.807, 2.05) is 24.3 Å². The third-order valence-electron chi connectivity index (χ3n) is 3.80. The first-order valence-electron chi connectivity index (χ1n) is 8.02. The lowest BCUT2D eigenvalue weighted by Crippen LogP contribution is -2.38. The summed E-state index contributed by atoms with van der Waals surface area (Å²) in [7, 11) is -0.971. The van der Waals surface area contributed by atoms with Gasteiger partial charge in [-0.1, -0.05) is 26.0 Å². The molecule has 128 valence electrons. The van der Waals surface area contributed by atoms with Crippen LogP contribution in [-0.2, 0) is 22.1 Å². The van der Waals surface area contributed by atoms with Gasteiger partial charge in [-0.05, 0) is 30.0 Å². The van der Waals surface area contributed by atoms with Gasteiger partial charge in [-0.3, -0.25) is 4.21 Å². The molecule has 2 rings (SSSR count). The molecular formula is C17H26N2O3S. The van der Waals surface area contributed by atoms with Gasteiger partial charge in [0.05, 0.1) is 6.10 Å². The normalized spacial score (nSPS) is 19.1. The molecule has 1 aromatic carbocycles. The van der Waals surface area contributed by atoms with E-state index in [-0.39, 0.29) is 12.1 Å². The van der Waals surface area contributed by atoms with E-state index in [4.69, 9.17) is 4.74 Å².